The van der Waals surface area contributed by atoms with Crippen LogP contribution in [-0.2, 0) is 21.2 Å². The molecule has 0 spiro atoms. The lowest BCUT2D eigenvalue weighted by Crippen LogP contribution is -2.31. The predicted molar refractivity (Wildman–Crippen MR) is 126 cm³/mol. The number of amides is 1. The van der Waals surface area contributed by atoms with Crippen molar-refractivity contribution >= 4 is 21.6 Å². The van der Waals surface area contributed by atoms with E-state index in [1.165, 1.54) is 16.4 Å². The molecule has 1 N–H and O–H groups in total. The van der Waals surface area contributed by atoms with E-state index in [1.54, 1.807) is 19.2 Å². The minimum absolute atomic E-state index is 0.175. The monoisotopic (exact) mass is 466 g/mol. The number of para-hydroxylation sites is 1. The fourth-order valence-electron chi connectivity index (χ4n) is 3.80. The van der Waals surface area contributed by atoms with Crippen molar-refractivity contribution in [3.63, 3.8) is 0 Å². The molecule has 0 saturated heterocycles. The van der Waals surface area contributed by atoms with Crippen LogP contribution >= 0.6 is 0 Å². The van der Waals surface area contributed by atoms with Gasteiger partial charge in [0.2, 0.25) is 0 Å². The Morgan fingerprint density at radius 1 is 1.00 bits per heavy atom. The number of anilines is 1. The second-order valence-corrected chi connectivity index (χ2v) is 9.64. The maximum atomic E-state index is 13.1. The van der Waals surface area contributed by atoms with Crippen LogP contribution in [-0.4, -0.2) is 34.6 Å². The third-order valence-electron chi connectivity index (χ3n) is 5.62. The average molecular weight is 467 g/mol. The number of benzene rings is 3. The number of nitrogens with one attached hydrogen (secondary N) is 1. The highest BCUT2D eigenvalue weighted by Gasteiger charge is 2.30. The second kappa shape index (κ2) is 9.54. The lowest BCUT2D eigenvalue weighted by molar-refractivity contribution is -0.123. The fraction of sp³-hybridized carbons (Fsp3) is 0.240. The van der Waals surface area contributed by atoms with Crippen molar-refractivity contribution in [2.75, 3.05) is 24.6 Å². The molecule has 0 aliphatic carbocycles. The van der Waals surface area contributed by atoms with E-state index in [1.807, 2.05) is 55.5 Å². The van der Waals surface area contributed by atoms with Crippen LogP contribution in [0.1, 0.15) is 24.1 Å². The van der Waals surface area contributed by atoms with Gasteiger partial charge in [0.15, 0.2) is 6.61 Å². The Kier molecular flexibility index (Phi) is 6.55. The molecule has 0 radical (unpaired) electrons. The molecule has 1 heterocycles. The normalized spacial score (nSPS) is 13.8. The molecule has 7 nitrogen and oxygen atoms in total. The maximum absolute atomic E-state index is 13.1. The van der Waals surface area contributed by atoms with Crippen LogP contribution in [0.5, 0.6) is 11.5 Å². The van der Waals surface area contributed by atoms with Gasteiger partial charge in [0, 0.05) is 6.54 Å². The standard InChI is InChI=1S/C25H26N2O5S/c1-18(19-7-9-21(31-2)10-8-19)26-25(28)17-32-22-11-13-23(14-12-22)33(29,30)27-16-15-20-5-3-4-6-24(20)27/h3-14,18H,15-17H2,1-2H3,(H,26,28). The molecule has 0 bridgehead atoms. The third kappa shape index (κ3) is 4.96. The molecular weight excluding hydrogens is 440 g/mol. The number of rotatable bonds is 8. The zero-order valence-electron chi connectivity index (χ0n) is 18.5. The summed E-state index contributed by atoms with van der Waals surface area (Å²) in [5, 5.41) is 2.88. The van der Waals surface area contributed by atoms with E-state index in [2.05, 4.69) is 5.32 Å². The van der Waals surface area contributed by atoms with Gasteiger partial charge >= 0.3 is 0 Å². The van der Waals surface area contributed by atoms with E-state index in [4.69, 9.17) is 9.47 Å². The van der Waals surface area contributed by atoms with Crippen LogP contribution in [0, 0.1) is 0 Å². The van der Waals surface area contributed by atoms with Gasteiger partial charge in [-0.1, -0.05) is 30.3 Å². The fourth-order valence-corrected chi connectivity index (χ4v) is 5.30. The molecular formula is C25H26N2O5S. The molecule has 0 fully saturated rings. The van der Waals surface area contributed by atoms with Crippen molar-refractivity contribution in [3.8, 4) is 11.5 Å². The highest BCUT2D eigenvalue weighted by molar-refractivity contribution is 7.92. The molecule has 8 heteroatoms. The molecule has 3 aromatic rings. The molecule has 4 rings (SSSR count). The van der Waals surface area contributed by atoms with Gasteiger partial charge in [-0.15, -0.1) is 0 Å². The summed E-state index contributed by atoms with van der Waals surface area (Å²) in [4.78, 5) is 12.5. The molecule has 0 saturated carbocycles. The van der Waals surface area contributed by atoms with Crippen LogP contribution in [0.4, 0.5) is 5.69 Å². The van der Waals surface area contributed by atoms with Crippen LogP contribution < -0.4 is 19.1 Å². The largest absolute Gasteiger partial charge is 0.497 e. The van der Waals surface area contributed by atoms with Crippen LogP contribution in [0.3, 0.4) is 0 Å². The second-order valence-electron chi connectivity index (χ2n) is 7.78. The Hall–Kier alpha value is -3.52. The lowest BCUT2D eigenvalue weighted by Gasteiger charge is -2.19. The minimum Gasteiger partial charge on any atom is -0.497 e. The number of carbonyl (C=O) groups is 1. The summed E-state index contributed by atoms with van der Waals surface area (Å²) < 4.78 is 38.3. The lowest BCUT2D eigenvalue weighted by atomic mass is 10.1. The predicted octanol–water partition coefficient (Wildman–Crippen LogP) is 3.70. The molecule has 1 atom stereocenters. The summed E-state index contributed by atoms with van der Waals surface area (Å²) in [5.41, 5.74) is 2.69. The quantitative estimate of drug-likeness (QED) is 0.547. The number of hydrogen-bond acceptors (Lipinski definition) is 5. The minimum atomic E-state index is -3.66. The Morgan fingerprint density at radius 2 is 1.67 bits per heavy atom. The first-order valence-corrected chi connectivity index (χ1v) is 12.1. The number of methoxy groups -OCH3 is 1. The van der Waals surface area contributed by atoms with Gasteiger partial charge in [-0.2, -0.15) is 0 Å². The maximum Gasteiger partial charge on any atom is 0.264 e. The zero-order chi connectivity index (χ0) is 23.4. The van der Waals surface area contributed by atoms with Crippen LogP contribution in [0.25, 0.3) is 0 Å². The highest BCUT2D eigenvalue weighted by Crippen LogP contribution is 2.33. The molecule has 1 unspecified atom stereocenters. The van der Waals surface area contributed by atoms with Gasteiger partial charge < -0.3 is 14.8 Å². The molecule has 3 aromatic carbocycles. The van der Waals surface area contributed by atoms with Gasteiger partial charge in [-0.25, -0.2) is 8.42 Å². The summed E-state index contributed by atoms with van der Waals surface area (Å²) in [6.07, 6.45) is 0.695. The molecule has 1 aliphatic rings. The summed E-state index contributed by atoms with van der Waals surface area (Å²) in [6.45, 7) is 2.13. The summed E-state index contributed by atoms with van der Waals surface area (Å²) in [7, 11) is -2.06. The highest BCUT2D eigenvalue weighted by atomic mass is 32.2. The third-order valence-corrected chi connectivity index (χ3v) is 7.45. The molecule has 172 valence electrons. The summed E-state index contributed by atoms with van der Waals surface area (Å²) in [5.74, 6) is 0.895. The first-order valence-electron chi connectivity index (χ1n) is 10.7. The number of nitrogens with zero attached hydrogens (tertiary/aromatic N) is 1. The Balaban J connectivity index is 1.34. The van der Waals surface area contributed by atoms with E-state index in [0.717, 1.165) is 22.6 Å². The molecule has 33 heavy (non-hydrogen) atoms. The van der Waals surface area contributed by atoms with E-state index in [0.29, 0.717) is 18.7 Å². The number of carbonyl (C=O) groups excluding carboxylic acids is 1. The van der Waals surface area contributed by atoms with Crippen molar-refractivity contribution in [1.82, 2.24) is 5.32 Å². The first kappa shape index (κ1) is 22.7. The van der Waals surface area contributed by atoms with E-state index < -0.39 is 10.0 Å². The topological polar surface area (TPSA) is 84.9 Å². The van der Waals surface area contributed by atoms with E-state index in [9.17, 15) is 13.2 Å². The van der Waals surface area contributed by atoms with Gasteiger partial charge in [0.1, 0.15) is 11.5 Å². The van der Waals surface area contributed by atoms with E-state index >= 15 is 0 Å². The molecule has 1 aliphatic heterocycles. The van der Waals surface area contributed by atoms with E-state index in [-0.39, 0.29) is 23.5 Å². The molecule has 0 aromatic heterocycles. The first-order chi connectivity index (χ1) is 15.9. The molecule has 1 amide bonds. The van der Waals surface area contributed by atoms with Crippen molar-refractivity contribution in [3.05, 3.63) is 83.9 Å². The van der Waals surface area contributed by atoms with Crippen molar-refractivity contribution < 1.29 is 22.7 Å². The SMILES string of the molecule is COc1ccc(C(C)NC(=O)COc2ccc(S(=O)(=O)N3CCc4ccccc43)cc2)cc1. The summed E-state index contributed by atoms with van der Waals surface area (Å²) in [6, 6.07) is 20.9. The van der Waals surface area contributed by atoms with Crippen molar-refractivity contribution in [2.24, 2.45) is 0 Å². The Morgan fingerprint density at radius 3 is 2.36 bits per heavy atom. The number of fused-ring (bicyclic) bond motifs is 1. The smallest absolute Gasteiger partial charge is 0.264 e. The van der Waals surface area contributed by atoms with Crippen molar-refractivity contribution in [1.29, 1.82) is 0 Å². The van der Waals surface area contributed by atoms with Crippen molar-refractivity contribution in [2.45, 2.75) is 24.3 Å². The van der Waals surface area contributed by atoms with Gasteiger partial charge in [-0.05, 0) is 66.9 Å². The van der Waals surface area contributed by atoms with Gasteiger partial charge in [-0.3, -0.25) is 9.10 Å². The number of ether oxygens (including phenoxy) is 2. The Labute approximate surface area is 194 Å². The zero-order valence-corrected chi connectivity index (χ0v) is 19.3. The number of hydrogen-bond donors (Lipinski definition) is 1. The number of sulfonamides is 1. The average Bonchev–Trinajstić information content (AvgIpc) is 3.28. The van der Waals surface area contributed by atoms with Crippen LogP contribution in [0.15, 0.2) is 77.7 Å². The Bertz CT molecular complexity index is 1220. The van der Waals surface area contributed by atoms with Crippen LogP contribution in [0.2, 0.25) is 0 Å². The van der Waals surface area contributed by atoms with Gasteiger partial charge in [0.05, 0.1) is 23.7 Å². The van der Waals surface area contributed by atoms with Gasteiger partial charge in [0.25, 0.3) is 15.9 Å². The summed E-state index contributed by atoms with van der Waals surface area (Å²) >= 11 is 0.